The van der Waals surface area contributed by atoms with Crippen molar-refractivity contribution in [1.82, 2.24) is 0 Å². The van der Waals surface area contributed by atoms with E-state index in [4.69, 9.17) is 15.2 Å². The Kier molecular flexibility index (Phi) is 4.40. The number of hydrogen-bond acceptors (Lipinski definition) is 3. The highest BCUT2D eigenvalue weighted by Gasteiger charge is 2.19. The van der Waals surface area contributed by atoms with Gasteiger partial charge < -0.3 is 15.2 Å². The third-order valence-corrected chi connectivity index (χ3v) is 3.39. The monoisotopic (exact) mass is 235 g/mol. The van der Waals surface area contributed by atoms with Crippen molar-refractivity contribution in [3.8, 4) is 5.75 Å². The quantitative estimate of drug-likeness (QED) is 0.872. The van der Waals surface area contributed by atoms with Gasteiger partial charge in [-0.05, 0) is 31.7 Å². The van der Waals surface area contributed by atoms with E-state index in [1.54, 1.807) is 7.11 Å². The maximum atomic E-state index is 5.92. The van der Waals surface area contributed by atoms with Crippen molar-refractivity contribution in [2.45, 2.75) is 44.4 Å². The summed E-state index contributed by atoms with van der Waals surface area (Å²) in [5, 5.41) is 0. The topological polar surface area (TPSA) is 44.5 Å². The van der Waals surface area contributed by atoms with Crippen molar-refractivity contribution < 1.29 is 9.47 Å². The highest BCUT2D eigenvalue weighted by atomic mass is 16.5. The average molecular weight is 235 g/mol. The van der Waals surface area contributed by atoms with E-state index >= 15 is 0 Å². The first-order valence-corrected chi connectivity index (χ1v) is 6.28. The van der Waals surface area contributed by atoms with Crippen molar-refractivity contribution in [3.05, 3.63) is 29.8 Å². The van der Waals surface area contributed by atoms with Crippen molar-refractivity contribution >= 4 is 0 Å². The molecule has 0 spiro atoms. The fourth-order valence-corrected chi connectivity index (χ4v) is 2.29. The molecule has 0 saturated heterocycles. The van der Waals surface area contributed by atoms with Gasteiger partial charge in [-0.2, -0.15) is 0 Å². The molecule has 0 aliphatic heterocycles. The van der Waals surface area contributed by atoms with Gasteiger partial charge in [-0.25, -0.2) is 0 Å². The molecular weight excluding hydrogens is 214 g/mol. The third kappa shape index (κ3) is 3.45. The van der Waals surface area contributed by atoms with Crippen LogP contribution in [0.2, 0.25) is 0 Å². The molecule has 0 radical (unpaired) electrons. The molecule has 1 aromatic rings. The molecule has 1 aliphatic rings. The molecule has 0 aromatic heterocycles. The molecule has 2 N–H and O–H groups in total. The van der Waals surface area contributed by atoms with Crippen molar-refractivity contribution in [1.29, 1.82) is 0 Å². The van der Waals surface area contributed by atoms with Crippen LogP contribution in [0.15, 0.2) is 24.3 Å². The number of hydrogen-bond donors (Lipinski definition) is 1. The molecule has 0 unspecified atom stereocenters. The highest BCUT2D eigenvalue weighted by Crippen LogP contribution is 2.23. The summed E-state index contributed by atoms with van der Waals surface area (Å²) in [6.45, 7) is 0.629. The van der Waals surface area contributed by atoms with Gasteiger partial charge in [-0.1, -0.05) is 18.2 Å². The lowest BCUT2D eigenvalue weighted by molar-refractivity contribution is 0.0130. The average Bonchev–Trinajstić information content (AvgIpc) is 2.38. The minimum Gasteiger partial charge on any atom is -0.496 e. The van der Waals surface area contributed by atoms with E-state index in [1.165, 1.54) is 0 Å². The van der Waals surface area contributed by atoms with Crippen LogP contribution < -0.4 is 10.5 Å². The van der Waals surface area contributed by atoms with Gasteiger partial charge in [0.15, 0.2) is 0 Å². The van der Waals surface area contributed by atoms with Crippen LogP contribution in [0.25, 0.3) is 0 Å². The zero-order valence-corrected chi connectivity index (χ0v) is 10.4. The number of ether oxygens (including phenoxy) is 2. The molecule has 1 aromatic carbocycles. The number of rotatable bonds is 4. The van der Waals surface area contributed by atoms with E-state index in [1.807, 2.05) is 24.3 Å². The summed E-state index contributed by atoms with van der Waals surface area (Å²) in [5.41, 5.74) is 6.99. The molecule has 0 atom stereocenters. The minimum atomic E-state index is 0.361. The third-order valence-electron chi connectivity index (χ3n) is 3.39. The molecule has 0 bridgehead atoms. The van der Waals surface area contributed by atoms with Gasteiger partial charge in [0, 0.05) is 11.6 Å². The summed E-state index contributed by atoms with van der Waals surface area (Å²) < 4.78 is 11.2. The summed E-state index contributed by atoms with van der Waals surface area (Å²) in [6.07, 6.45) is 4.68. The second-order valence-electron chi connectivity index (χ2n) is 4.66. The second kappa shape index (κ2) is 6.03. The summed E-state index contributed by atoms with van der Waals surface area (Å²) in [4.78, 5) is 0. The molecule has 0 heterocycles. The normalized spacial score (nSPS) is 24.6. The van der Waals surface area contributed by atoms with Crippen molar-refractivity contribution in [3.63, 3.8) is 0 Å². The molecular formula is C14H21NO2. The Hall–Kier alpha value is -1.06. The van der Waals surface area contributed by atoms with Crippen LogP contribution in [-0.2, 0) is 11.3 Å². The Labute approximate surface area is 103 Å². The van der Waals surface area contributed by atoms with Crippen LogP contribution in [0.3, 0.4) is 0 Å². The van der Waals surface area contributed by atoms with Gasteiger partial charge in [0.05, 0.1) is 19.8 Å². The van der Waals surface area contributed by atoms with Crippen LogP contribution in [-0.4, -0.2) is 19.3 Å². The maximum absolute atomic E-state index is 5.92. The van der Waals surface area contributed by atoms with E-state index < -0.39 is 0 Å². The van der Waals surface area contributed by atoms with E-state index in [9.17, 15) is 0 Å². The number of methoxy groups -OCH3 is 1. The molecule has 2 rings (SSSR count). The lowest BCUT2D eigenvalue weighted by atomic mass is 9.94. The first-order valence-electron chi connectivity index (χ1n) is 6.28. The van der Waals surface area contributed by atoms with Crippen molar-refractivity contribution in [2.75, 3.05) is 7.11 Å². The highest BCUT2D eigenvalue weighted by molar-refractivity contribution is 5.32. The zero-order chi connectivity index (χ0) is 12.1. The molecule has 17 heavy (non-hydrogen) atoms. The largest absolute Gasteiger partial charge is 0.496 e. The van der Waals surface area contributed by atoms with Gasteiger partial charge >= 0.3 is 0 Å². The van der Waals surface area contributed by atoms with Gasteiger partial charge in [0.25, 0.3) is 0 Å². The SMILES string of the molecule is COc1ccccc1COC1CCC(N)CC1. The first kappa shape index (κ1) is 12.4. The van der Waals surface area contributed by atoms with E-state index in [0.29, 0.717) is 18.8 Å². The van der Waals surface area contributed by atoms with Gasteiger partial charge in [0.2, 0.25) is 0 Å². The fraction of sp³-hybridized carbons (Fsp3) is 0.571. The predicted octanol–water partition coefficient (Wildman–Crippen LogP) is 2.48. The molecule has 0 amide bonds. The van der Waals surface area contributed by atoms with Crippen LogP contribution in [0.5, 0.6) is 5.75 Å². The lowest BCUT2D eigenvalue weighted by Crippen LogP contribution is -2.30. The first-order chi connectivity index (χ1) is 8.29. The molecule has 1 fully saturated rings. The number of nitrogens with two attached hydrogens (primary N) is 1. The minimum absolute atomic E-state index is 0.361. The summed E-state index contributed by atoms with van der Waals surface area (Å²) in [7, 11) is 1.69. The van der Waals surface area contributed by atoms with Gasteiger partial charge in [0.1, 0.15) is 5.75 Å². The smallest absolute Gasteiger partial charge is 0.124 e. The Morgan fingerprint density at radius 1 is 1.18 bits per heavy atom. The summed E-state index contributed by atoms with van der Waals surface area (Å²) in [5.74, 6) is 0.903. The number of benzene rings is 1. The van der Waals surface area contributed by atoms with Crippen LogP contribution in [0, 0.1) is 0 Å². The molecule has 1 saturated carbocycles. The molecule has 3 heteroatoms. The summed E-state index contributed by atoms with van der Waals surface area (Å²) >= 11 is 0. The molecule has 94 valence electrons. The Morgan fingerprint density at radius 3 is 2.59 bits per heavy atom. The fourth-order valence-electron chi connectivity index (χ4n) is 2.29. The van der Waals surface area contributed by atoms with Crippen LogP contribution in [0.4, 0.5) is 0 Å². The summed E-state index contributed by atoms with van der Waals surface area (Å²) in [6, 6.07) is 8.38. The lowest BCUT2D eigenvalue weighted by Gasteiger charge is -2.26. The van der Waals surface area contributed by atoms with Gasteiger partial charge in [-0.3, -0.25) is 0 Å². The van der Waals surface area contributed by atoms with Crippen LogP contribution >= 0.6 is 0 Å². The standard InChI is InChI=1S/C14H21NO2/c1-16-14-5-3-2-4-11(14)10-17-13-8-6-12(15)7-9-13/h2-5,12-13H,6-10,15H2,1H3. The Balaban J connectivity index is 1.85. The van der Waals surface area contributed by atoms with Gasteiger partial charge in [-0.15, -0.1) is 0 Å². The second-order valence-corrected chi connectivity index (χ2v) is 4.66. The zero-order valence-electron chi connectivity index (χ0n) is 10.4. The Bertz CT molecular complexity index is 346. The van der Waals surface area contributed by atoms with Crippen LogP contribution in [0.1, 0.15) is 31.2 Å². The maximum Gasteiger partial charge on any atom is 0.124 e. The molecule has 3 nitrogen and oxygen atoms in total. The van der Waals surface area contributed by atoms with E-state index in [-0.39, 0.29) is 0 Å². The number of para-hydroxylation sites is 1. The van der Waals surface area contributed by atoms with E-state index in [2.05, 4.69) is 0 Å². The Morgan fingerprint density at radius 2 is 1.88 bits per heavy atom. The molecule has 1 aliphatic carbocycles. The predicted molar refractivity (Wildman–Crippen MR) is 68.0 cm³/mol. The van der Waals surface area contributed by atoms with E-state index in [0.717, 1.165) is 37.0 Å². The van der Waals surface area contributed by atoms with Crippen molar-refractivity contribution in [2.24, 2.45) is 5.73 Å².